The lowest BCUT2D eigenvalue weighted by Gasteiger charge is -2.19. The number of rotatable bonds is 4. The van der Waals surface area contributed by atoms with Gasteiger partial charge in [-0.05, 0) is 33.3 Å². The molecule has 9 heteroatoms. The number of fused-ring (bicyclic) bond motifs is 1. The van der Waals surface area contributed by atoms with Crippen LogP contribution in [0.2, 0.25) is 0 Å². The molecular formula is C21H22N6O3. The Morgan fingerprint density at radius 1 is 1.20 bits per heavy atom. The van der Waals surface area contributed by atoms with Crippen molar-refractivity contribution in [2.45, 2.75) is 39.8 Å². The van der Waals surface area contributed by atoms with Gasteiger partial charge in [0.2, 0.25) is 5.82 Å². The fourth-order valence-corrected chi connectivity index (χ4v) is 2.91. The Bertz CT molecular complexity index is 1190. The number of amides is 1. The first-order valence-electron chi connectivity index (χ1n) is 9.50. The summed E-state index contributed by atoms with van der Waals surface area (Å²) in [6.07, 6.45) is 2.94. The van der Waals surface area contributed by atoms with Crippen molar-refractivity contribution >= 4 is 11.7 Å². The summed E-state index contributed by atoms with van der Waals surface area (Å²) in [4.78, 5) is 20.6. The monoisotopic (exact) mass is 406 g/mol. The van der Waals surface area contributed by atoms with Crippen molar-refractivity contribution in [3.05, 3.63) is 54.0 Å². The van der Waals surface area contributed by atoms with Crippen molar-refractivity contribution in [1.29, 1.82) is 0 Å². The lowest BCUT2D eigenvalue weighted by Crippen LogP contribution is -2.32. The molecule has 3 aromatic heterocycles. The van der Waals surface area contributed by atoms with Crippen molar-refractivity contribution in [2.24, 2.45) is 0 Å². The van der Waals surface area contributed by atoms with E-state index in [0.29, 0.717) is 18.3 Å². The SMILES string of the molecule is Cc1c(-c2nc(-c3ccc(CNC(=O)OC(C)(C)C)cc3)no2)cnc2ccnn12. The highest BCUT2D eigenvalue weighted by Crippen LogP contribution is 2.25. The molecule has 1 amide bonds. The minimum atomic E-state index is -0.528. The highest BCUT2D eigenvalue weighted by Gasteiger charge is 2.17. The van der Waals surface area contributed by atoms with Crippen LogP contribution in [-0.2, 0) is 11.3 Å². The molecule has 9 nitrogen and oxygen atoms in total. The quantitative estimate of drug-likeness (QED) is 0.549. The van der Waals surface area contributed by atoms with E-state index >= 15 is 0 Å². The molecule has 4 aromatic rings. The average Bonchev–Trinajstić information content (AvgIpc) is 3.36. The predicted molar refractivity (Wildman–Crippen MR) is 110 cm³/mol. The first-order valence-corrected chi connectivity index (χ1v) is 9.50. The molecule has 30 heavy (non-hydrogen) atoms. The zero-order valence-corrected chi connectivity index (χ0v) is 17.2. The van der Waals surface area contributed by atoms with E-state index in [1.165, 1.54) is 0 Å². The van der Waals surface area contributed by atoms with Crippen LogP contribution in [0.1, 0.15) is 32.0 Å². The second-order valence-electron chi connectivity index (χ2n) is 7.83. The van der Waals surface area contributed by atoms with Gasteiger partial charge >= 0.3 is 6.09 Å². The van der Waals surface area contributed by atoms with Crippen molar-refractivity contribution in [1.82, 2.24) is 30.1 Å². The van der Waals surface area contributed by atoms with Crippen molar-refractivity contribution in [3.8, 4) is 22.8 Å². The standard InChI is InChI=1S/C21H22N6O3/c1-13-16(12-22-17-9-10-24-27(13)17)19-25-18(26-30-19)15-7-5-14(6-8-15)11-23-20(28)29-21(2,3)4/h5-10,12H,11H2,1-4H3,(H,23,28). The summed E-state index contributed by atoms with van der Waals surface area (Å²) >= 11 is 0. The molecule has 0 spiro atoms. The normalized spacial score (nSPS) is 11.6. The summed E-state index contributed by atoms with van der Waals surface area (Å²) in [7, 11) is 0. The van der Waals surface area contributed by atoms with Gasteiger partial charge in [-0.3, -0.25) is 0 Å². The molecule has 0 atom stereocenters. The zero-order valence-electron chi connectivity index (χ0n) is 17.2. The van der Waals surface area contributed by atoms with Crippen molar-refractivity contribution in [3.63, 3.8) is 0 Å². The number of ether oxygens (including phenoxy) is 1. The first kappa shape index (κ1) is 19.6. The van der Waals surface area contributed by atoms with Crippen LogP contribution in [0.3, 0.4) is 0 Å². The van der Waals surface area contributed by atoms with Crippen LogP contribution in [-0.4, -0.2) is 36.4 Å². The topological polar surface area (TPSA) is 107 Å². The molecule has 0 aliphatic heterocycles. The third-order valence-electron chi connectivity index (χ3n) is 4.36. The van der Waals surface area contributed by atoms with Crippen LogP contribution in [0.5, 0.6) is 0 Å². The lowest BCUT2D eigenvalue weighted by atomic mass is 10.1. The maximum absolute atomic E-state index is 11.8. The first-order chi connectivity index (χ1) is 14.3. The van der Waals surface area contributed by atoms with Gasteiger partial charge in [0.15, 0.2) is 5.65 Å². The van der Waals surface area contributed by atoms with E-state index in [1.54, 1.807) is 16.9 Å². The van der Waals surface area contributed by atoms with Gasteiger partial charge in [-0.15, -0.1) is 0 Å². The number of alkyl carbamates (subject to hydrolysis) is 1. The molecule has 0 unspecified atom stereocenters. The minimum absolute atomic E-state index is 0.363. The predicted octanol–water partition coefficient (Wildman–Crippen LogP) is 3.78. The molecule has 4 rings (SSSR count). The van der Waals surface area contributed by atoms with Gasteiger partial charge in [0.25, 0.3) is 5.89 Å². The fraction of sp³-hybridized carbons (Fsp3) is 0.286. The number of aryl methyl sites for hydroxylation is 1. The molecular weight excluding hydrogens is 384 g/mol. The van der Waals surface area contributed by atoms with E-state index in [0.717, 1.165) is 28.0 Å². The summed E-state index contributed by atoms with van der Waals surface area (Å²) in [6.45, 7) is 7.76. The van der Waals surface area contributed by atoms with E-state index in [-0.39, 0.29) is 0 Å². The van der Waals surface area contributed by atoms with Crippen molar-refractivity contribution < 1.29 is 14.1 Å². The number of nitrogens with zero attached hydrogens (tertiary/aromatic N) is 5. The summed E-state index contributed by atoms with van der Waals surface area (Å²) in [5.41, 5.74) is 3.55. The Morgan fingerprint density at radius 2 is 1.97 bits per heavy atom. The van der Waals surface area contributed by atoms with E-state index in [2.05, 4.69) is 25.5 Å². The number of aromatic nitrogens is 5. The van der Waals surface area contributed by atoms with Crippen LogP contribution < -0.4 is 5.32 Å². The fourth-order valence-electron chi connectivity index (χ4n) is 2.91. The number of benzene rings is 1. The molecule has 0 aliphatic rings. The summed E-state index contributed by atoms with van der Waals surface area (Å²) in [6, 6.07) is 9.37. The molecule has 0 aliphatic carbocycles. The molecule has 0 radical (unpaired) electrons. The number of nitrogens with one attached hydrogen (secondary N) is 1. The zero-order chi connectivity index (χ0) is 21.3. The third kappa shape index (κ3) is 4.14. The minimum Gasteiger partial charge on any atom is -0.444 e. The lowest BCUT2D eigenvalue weighted by molar-refractivity contribution is 0.0523. The number of hydrogen-bond donors (Lipinski definition) is 1. The Labute approximate surface area is 173 Å². The van der Waals surface area contributed by atoms with Gasteiger partial charge in [0.1, 0.15) is 5.60 Å². The number of carbonyl (C=O) groups excluding carboxylic acids is 1. The van der Waals surface area contributed by atoms with Gasteiger partial charge in [-0.2, -0.15) is 10.1 Å². The highest BCUT2D eigenvalue weighted by molar-refractivity contribution is 5.68. The molecule has 0 bridgehead atoms. The number of carbonyl (C=O) groups is 1. The van der Waals surface area contributed by atoms with Crippen LogP contribution in [0, 0.1) is 6.92 Å². The van der Waals surface area contributed by atoms with Gasteiger partial charge in [0.05, 0.1) is 17.5 Å². The largest absolute Gasteiger partial charge is 0.444 e. The van der Waals surface area contributed by atoms with E-state index in [9.17, 15) is 4.79 Å². The average molecular weight is 406 g/mol. The Kier molecular flexibility index (Phi) is 4.94. The van der Waals surface area contributed by atoms with Gasteiger partial charge < -0.3 is 14.6 Å². The number of hydrogen-bond acceptors (Lipinski definition) is 7. The smallest absolute Gasteiger partial charge is 0.407 e. The third-order valence-corrected chi connectivity index (χ3v) is 4.36. The Morgan fingerprint density at radius 3 is 2.70 bits per heavy atom. The molecule has 0 saturated heterocycles. The Hall–Kier alpha value is -3.75. The van der Waals surface area contributed by atoms with Crippen molar-refractivity contribution in [2.75, 3.05) is 0 Å². The maximum Gasteiger partial charge on any atom is 0.407 e. The molecule has 3 heterocycles. The summed E-state index contributed by atoms with van der Waals surface area (Å²) < 4.78 is 12.4. The molecule has 0 fully saturated rings. The summed E-state index contributed by atoms with van der Waals surface area (Å²) in [5, 5.41) is 11.1. The van der Waals surface area contributed by atoms with E-state index < -0.39 is 11.7 Å². The molecule has 0 saturated carbocycles. The maximum atomic E-state index is 11.8. The summed E-state index contributed by atoms with van der Waals surface area (Å²) in [5.74, 6) is 0.847. The highest BCUT2D eigenvalue weighted by atomic mass is 16.6. The van der Waals surface area contributed by atoms with Crippen LogP contribution in [0.15, 0.2) is 47.2 Å². The molecule has 1 N–H and O–H groups in total. The van der Waals surface area contributed by atoms with E-state index in [4.69, 9.17) is 9.26 Å². The van der Waals surface area contributed by atoms with E-state index in [1.807, 2.05) is 58.0 Å². The van der Waals surface area contributed by atoms with Crippen LogP contribution in [0.25, 0.3) is 28.5 Å². The van der Waals surface area contributed by atoms with Crippen LogP contribution in [0.4, 0.5) is 4.79 Å². The van der Waals surface area contributed by atoms with Gasteiger partial charge in [-0.1, -0.05) is 29.4 Å². The Balaban J connectivity index is 1.47. The molecule has 1 aromatic carbocycles. The van der Waals surface area contributed by atoms with Crippen LogP contribution >= 0.6 is 0 Å². The van der Waals surface area contributed by atoms with Gasteiger partial charge in [-0.25, -0.2) is 14.3 Å². The second-order valence-corrected chi connectivity index (χ2v) is 7.83. The molecule has 154 valence electrons. The second kappa shape index (κ2) is 7.58. The van der Waals surface area contributed by atoms with Gasteiger partial charge in [0, 0.05) is 24.4 Å².